The molecule has 0 aliphatic rings. The Morgan fingerprint density at radius 1 is 0.694 bits per heavy atom. The fourth-order valence-electron chi connectivity index (χ4n) is 6.87. The van der Waals surface area contributed by atoms with E-state index < -0.39 is 0 Å². The smallest absolute Gasteiger partial charge is 0.503 e. The zero-order valence-corrected chi connectivity index (χ0v) is 29.7. The molecule has 0 amide bonds. The number of nitrogens with zero attached hydrogens (tertiary/aromatic N) is 5. The Hall–Kier alpha value is -5.32. The molecule has 0 saturated carbocycles. The van der Waals surface area contributed by atoms with Gasteiger partial charge in [0.05, 0.1) is 22.4 Å². The number of pyridine rings is 3. The van der Waals surface area contributed by atoms with Gasteiger partial charge < -0.3 is 13.7 Å². The molecule has 4 aromatic carbocycles. The van der Waals surface area contributed by atoms with Gasteiger partial charge in [0.2, 0.25) is 0 Å². The van der Waals surface area contributed by atoms with Gasteiger partial charge in [0.15, 0.2) is 0 Å². The van der Waals surface area contributed by atoms with Gasteiger partial charge in [0.25, 0.3) is 0 Å². The Bertz CT molecular complexity index is 2720. The van der Waals surface area contributed by atoms with Crippen molar-refractivity contribution in [3.63, 3.8) is 0 Å². The Morgan fingerprint density at radius 2 is 1.41 bits per heavy atom. The second kappa shape index (κ2) is 11.7. The molecular weight excluding hydrogens is 786 g/mol. The van der Waals surface area contributed by atoms with Crippen LogP contribution in [0.1, 0.15) is 31.9 Å². The van der Waals surface area contributed by atoms with Crippen molar-refractivity contribution in [1.29, 1.82) is 0 Å². The van der Waals surface area contributed by atoms with Gasteiger partial charge in [0.1, 0.15) is 5.82 Å². The van der Waals surface area contributed by atoms with Crippen molar-refractivity contribution < 1.29 is 25.8 Å². The SMILES string of the molecule is Cc1ccccc1-c1cn2c3cccnc3c3ccc(Oc4[c-]c5c(cc4)c4ccccc4n5-c4ncccc4C(C)(C)C)[c-]c3c2n1.[Pt+2]. The van der Waals surface area contributed by atoms with Crippen LogP contribution in [0.4, 0.5) is 0 Å². The first kappa shape index (κ1) is 31.0. The second-order valence-electron chi connectivity index (χ2n) is 13.3. The standard InChI is InChI=1S/C42H31N5O.Pt/c1-26-11-5-6-12-29(26)35-25-46-37-16-10-21-43-39(37)32-20-18-27(23-33(32)40(46)45-35)48-28-17-19-31-30-13-7-8-15-36(30)47(38(31)24-28)41-34(42(2,3)4)14-9-22-44-41;/h5-22,25H,1-4H3;/q-2;+2. The van der Waals surface area contributed by atoms with E-state index in [1.165, 1.54) is 5.56 Å². The van der Waals surface area contributed by atoms with Crippen LogP contribution in [-0.4, -0.2) is 23.9 Å². The molecule has 5 heterocycles. The van der Waals surface area contributed by atoms with Crippen molar-refractivity contribution in [2.24, 2.45) is 0 Å². The zero-order chi connectivity index (χ0) is 32.6. The van der Waals surface area contributed by atoms with Crippen LogP contribution in [-0.2, 0) is 26.5 Å². The number of imidazole rings is 1. The third-order valence-electron chi connectivity index (χ3n) is 9.15. The van der Waals surface area contributed by atoms with Crippen LogP contribution in [0.5, 0.6) is 11.5 Å². The van der Waals surface area contributed by atoms with Crippen molar-refractivity contribution in [3.8, 4) is 28.6 Å². The molecule has 5 aromatic heterocycles. The average molecular weight is 817 g/mol. The number of hydrogen-bond acceptors (Lipinski definition) is 4. The van der Waals surface area contributed by atoms with Crippen molar-refractivity contribution >= 4 is 49.3 Å². The molecule has 0 aliphatic heterocycles. The van der Waals surface area contributed by atoms with Crippen molar-refractivity contribution in [2.75, 3.05) is 0 Å². The molecule has 0 spiro atoms. The number of aryl methyl sites for hydroxylation is 1. The van der Waals surface area contributed by atoms with Crippen LogP contribution >= 0.6 is 0 Å². The monoisotopic (exact) mass is 816 g/mol. The predicted octanol–water partition coefficient (Wildman–Crippen LogP) is 10.2. The van der Waals surface area contributed by atoms with E-state index in [0.29, 0.717) is 11.5 Å². The summed E-state index contributed by atoms with van der Waals surface area (Å²) >= 11 is 0. The first-order valence-electron chi connectivity index (χ1n) is 16.1. The molecule has 0 fully saturated rings. The zero-order valence-electron chi connectivity index (χ0n) is 27.4. The van der Waals surface area contributed by atoms with Crippen LogP contribution in [0.25, 0.3) is 66.3 Å². The molecule has 0 radical (unpaired) electrons. The van der Waals surface area contributed by atoms with E-state index in [1.54, 1.807) is 0 Å². The number of aromatic nitrogens is 5. The van der Waals surface area contributed by atoms with E-state index >= 15 is 0 Å². The van der Waals surface area contributed by atoms with Crippen LogP contribution in [0, 0.1) is 19.1 Å². The van der Waals surface area contributed by atoms with Crippen LogP contribution in [0.15, 0.2) is 116 Å². The largest absolute Gasteiger partial charge is 2.00 e. The molecule has 0 saturated heterocycles. The molecule has 0 atom stereocenters. The molecule has 240 valence electrons. The summed E-state index contributed by atoms with van der Waals surface area (Å²) < 4.78 is 10.9. The maximum Gasteiger partial charge on any atom is 2.00 e. The van der Waals surface area contributed by atoms with E-state index in [2.05, 4.69) is 122 Å². The van der Waals surface area contributed by atoms with Gasteiger partial charge >= 0.3 is 21.1 Å². The topological polar surface area (TPSA) is 57.2 Å². The molecule has 6 nitrogen and oxygen atoms in total. The van der Waals surface area contributed by atoms with Crippen LogP contribution in [0.2, 0.25) is 0 Å². The maximum atomic E-state index is 6.55. The molecule has 0 N–H and O–H groups in total. The Balaban J connectivity index is 0.00000348. The summed E-state index contributed by atoms with van der Waals surface area (Å²) in [5, 5.41) is 4.05. The molecule has 49 heavy (non-hydrogen) atoms. The van der Waals surface area contributed by atoms with Crippen molar-refractivity contribution in [2.45, 2.75) is 33.1 Å². The van der Waals surface area contributed by atoms with Gasteiger partial charge in [-0.3, -0.25) is 9.97 Å². The Kier molecular flexibility index (Phi) is 7.38. The molecule has 0 aliphatic carbocycles. The minimum absolute atomic E-state index is 0. The molecular formula is C42H31N5OPt. The van der Waals surface area contributed by atoms with Crippen molar-refractivity contribution in [1.82, 2.24) is 23.9 Å². The van der Waals surface area contributed by atoms with Gasteiger partial charge in [-0.15, -0.1) is 23.6 Å². The molecule has 9 aromatic rings. The number of hydrogen-bond donors (Lipinski definition) is 0. The minimum Gasteiger partial charge on any atom is -0.503 e. The van der Waals surface area contributed by atoms with E-state index in [1.807, 2.05) is 42.7 Å². The third kappa shape index (κ3) is 5.01. The number of para-hydroxylation sites is 1. The summed E-state index contributed by atoms with van der Waals surface area (Å²) in [7, 11) is 0. The van der Waals surface area contributed by atoms with Crippen molar-refractivity contribution in [3.05, 3.63) is 139 Å². The molecule has 0 bridgehead atoms. The number of benzene rings is 4. The van der Waals surface area contributed by atoms with Gasteiger partial charge in [-0.2, -0.15) is 6.07 Å². The Labute approximate surface area is 298 Å². The molecule has 9 rings (SSSR count). The summed E-state index contributed by atoms with van der Waals surface area (Å²) in [6.07, 6.45) is 5.77. The third-order valence-corrected chi connectivity index (χ3v) is 9.15. The first-order chi connectivity index (χ1) is 23.3. The van der Waals surface area contributed by atoms with E-state index in [9.17, 15) is 0 Å². The fraction of sp³-hybridized carbons (Fsp3) is 0.119. The number of ether oxygens (including phenoxy) is 1. The second-order valence-corrected chi connectivity index (χ2v) is 13.3. The van der Waals surface area contributed by atoms with E-state index in [0.717, 1.165) is 71.9 Å². The molecule has 7 heteroatoms. The normalized spacial score (nSPS) is 11.9. The van der Waals surface area contributed by atoms with Gasteiger partial charge in [0, 0.05) is 46.7 Å². The van der Waals surface area contributed by atoms with Crippen LogP contribution < -0.4 is 4.74 Å². The minimum atomic E-state index is -0.105. The van der Waals surface area contributed by atoms with E-state index in [4.69, 9.17) is 19.7 Å². The van der Waals surface area contributed by atoms with E-state index in [-0.39, 0.29) is 26.5 Å². The molecule has 0 unspecified atom stereocenters. The van der Waals surface area contributed by atoms with Crippen LogP contribution in [0.3, 0.4) is 0 Å². The Morgan fingerprint density at radius 3 is 2.24 bits per heavy atom. The number of fused-ring (bicyclic) bond motifs is 9. The first-order valence-corrected chi connectivity index (χ1v) is 16.1. The van der Waals surface area contributed by atoms with Gasteiger partial charge in [-0.05, 0) is 47.6 Å². The summed E-state index contributed by atoms with van der Waals surface area (Å²) in [6, 6.07) is 40.2. The average Bonchev–Trinajstić information content (AvgIpc) is 3.68. The summed E-state index contributed by atoms with van der Waals surface area (Å²) in [5.74, 6) is 2.06. The predicted molar refractivity (Wildman–Crippen MR) is 193 cm³/mol. The fourth-order valence-corrected chi connectivity index (χ4v) is 6.87. The summed E-state index contributed by atoms with van der Waals surface area (Å²) in [5.41, 5.74) is 8.89. The number of rotatable bonds is 4. The van der Waals surface area contributed by atoms with Gasteiger partial charge in [-0.1, -0.05) is 97.7 Å². The maximum absolute atomic E-state index is 6.55. The summed E-state index contributed by atoms with van der Waals surface area (Å²) in [6.45, 7) is 8.76. The van der Waals surface area contributed by atoms with Gasteiger partial charge in [-0.25, -0.2) is 4.98 Å². The summed E-state index contributed by atoms with van der Waals surface area (Å²) in [4.78, 5) is 14.8. The quantitative estimate of drug-likeness (QED) is 0.131.